The molecule has 1 aromatic heterocycles. The molecule has 0 saturated carbocycles. The van der Waals surface area contributed by atoms with Crippen LogP contribution >= 0.6 is 15.9 Å². The van der Waals surface area contributed by atoms with Crippen LogP contribution in [0.2, 0.25) is 0 Å². The number of Topliss-reactive ketones (excluding diaryl/α,β-unsaturated/α-hetero) is 1. The number of carbonyl (C=O) groups is 2. The Hall–Kier alpha value is -3.06. The highest BCUT2D eigenvalue weighted by Crippen LogP contribution is 2.27. The molecule has 28 heavy (non-hydrogen) atoms. The Bertz CT molecular complexity index is 1180. The van der Waals surface area contributed by atoms with Gasteiger partial charge in [-0.05, 0) is 36.4 Å². The molecule has 0 bridgehead atoms. The van der Waals surface area contributed by atoms with Crippen LogP contribution < -0.4 is 5.43 Å². The van der Waals surface area contributed by atoms with E-state index in [-0.39, 0.29) is 29.4 Å². The summed E-state index contributed by atoms with van der Waals surface area (Å²) in [5.41, 5.74) is 1.14. The molecule has 6 nitrogen and oxygen atoms in total. The van der Waals surface area contributed by atoms with Gasteiger partial charge in [0.05, 0.1) is 24.1 Å². The van der Waals surface area contributed by atoms with Crippen LogP contribution in [0.1, 0.15) is 28.8 Å². The standard InChI is InChI=1S/C21H15BrN2O4/c1-12(25)24-10-16(17-11-28-18-5-3-2-4-15(18)21(17)27)19(23-24)20(26)13-6-8-14(22)9-7-13/h2-9,11,16H,10H2,1H3. The van der Waals surface area contributed by atoms with Gasteiger partial charge < -0.3 is 4.42 Å². The van der Waals surface area contributed by atoms with E-state index in [1.165, 1.54) is 18.2 Å². The molecule has 2 heterocycles. The summed E-state index contributed by atoms with van der Waals surface area (Å²) >= 11 is 3.34. The predicted molar refractivity (Wildman–Crippen MR) is 109 cm³/mol. The molecule has 0 aliphatic carbocycles. The molecule has 0 radical (unpaired) electrons. The van der Waals surface area contributed by atoms with Crippen molar-refractivity contribution in [2.24, 2.45) is 5.10 Å². The van der Waals surface area contributed by atoms with Crippen molar-refractivity contribution in [3.63, 3.8) is 0 Å². The largest absolute Gasteiger partial charge is 0.464 e. The Morgan fingerprint density at radius 1 is 1.14 bits per heavy atom. The molecule has 0 spiro atoms. The van der Waals surface area contributed by atoms with Crippen molar-refractivity contribution in [2.75, 3.05) is 6.54 Å². The molecule has 140 valence electrons. The molecule has 3 aromatic rings. The second-order valence-electron chi connectivity index (χ2n) is 6.49. The minimum atomic E-state index is -0.652. The number of benzene rings is 2. The molecular formula is C21H15BrN2O4. The fraction of sp³-hybridized carbons (Fsp3) is 0.143. The predicted octanol–water partition coefficient (Wildman–Crippen LogP) is 3.74. The lowest BCUT2D eigenvalue weighted by atomic mass is 9.90. The normalized spacial score (nSPS) is 16.3. The van der Waals surface area contributed by atoms with Gasteiger partial charge in [-0.3, -0.25) is 14.4 Å². The highest BCUT2D eigenvalue weighted by molar-refractivity contribution is 9.10. The topological polar surface area (TPSA) is 80.0 Å². The van der Waals surface area contributed by atoms with Crippen molar-refractivity contribution in [3.05, 3.63) is 80.6 Å². The number of ketones is 1. The Kier molecular flexibility index (Phi) is 4.68. The fourth-order valence-electron chi connectivity index (χ4n) is 3.23. The molecule has 7 heteroatoms. The summed E-state index contributed by atoms with van der Waals surface area (Å²) in [7, 11) is 0. The first-order valence-electron chi connectivity index (χ1n) is 8.63. The van der Waals surface area contributed by atoms with Crippen molar-refractivity contribution in [1.29, 1.82) is 0 Å². The van der Waals surface area contributed by atoms with Gasteiger partial charge in [-0.15, -0.1) is 0 Å². The molecule has 1 atom stereocenters. The monoisotopic (exact) mass is 438 g/mol. The Morgan fingerprint density at radius 3 is 2.57 bits per heavy atom. The lowest BCUT2D eigenvalue weighted by Crippen LogP contribution is -2.28. The van der Waals surface area contributed by atoms with Crippen LogP contribution in [0.3, 0.4) is 0 Å². The van der Waals surface area contributed by atoms with Crippen molar-refractivity contribution < 1.29 is 14.0 Å². The first-order valence-corrected chi connectivity index (χ1v) is 9.42. The quantitative estimate of drug-likeness (QED) is 0.583. The first kappa shape index (κ1) is 18.3. The molecule has 1 aliphatic rings. The molecule has 1 unspecified atom stereocenters. The van der Waals surface area contributed by atoms with Gasteiger partial charge in [-0.25, -0.2) is 5.01 Å². The lowest BCUT2D eigenvalue weighted by Gasteiger charge is -2.13. The number of rotatable bonds is 3. The minimum absolute atomic E-state index is 0.121. The van der Waals surface area contributed by atoms with E-state index in [1.807, 2.05) is 0 Å². The molecule has 1 aliphatic heterocycles. The lowest BCUT2D eigenvalue weighted by molar-refractivity contribution is -0.128. The van der Waals surface area contributed by atoms with Crippen molar-refractivity contribution in [3.8, 4) is 0 Å². The number of hydrogen-bond acceptors (Lipinski definition) is 5. The van der Waals surface area contributed by atoms with Crippen LogP contribution in [-0.4, -0.2) is 29.0 Å². The van der Waals surface area contributed by atoms with E-state index in [0.717, 1.165) is 4.47 Å². The van der Waals surface area contributed by atoms with Crippen LogP contribution in [0.4, 0.5) is 0 Å². The van der Waals surface area contributed by atoms with Gasteiger partial charge in [-0.2, -0.15) is 5.10 Å². The Balaban J connectivity index is 1.81. The fourth-order valence-corrected chi connectivity index (χ4v) is 3.50. The molecule has 2 aromatic carbocycles. The highest BCUT2D eigenvalue weighted by Gasteiger charge is 2.36. The summed E-state index contributed by atoms with van der Waals surface area (Å²) in [6.45, 7) is 1.49. The van der Waals surface area contributed by atoms with Crippen LogP contribution in [-0.2, 0) is 4.79 Å². The molecule has 4 rings (SSSR count). The molecule has 1 amide bonds. The summed E-state index contributed by atoms with van der Waals surface area (Å²) in [6, 6.07) is 13.8. The number of hydrazone groups is 1. The van der Waals surface area contributed by atoms with E-state index in [0.29, 0.717) is 22.1 Å². The van der Waals surface area contributed by atoms with Gasteiger partial charge in [0.2, 0.25) is 11.7 Å². The van der Waals surface area contributed by atoms with E-state index in [4.69, 9.17) is 4.42 Å². The zero-order valence-corrected chi connectivity index (χ0v) is 16.5. The summed E-state index contributed by atoms with van der Waals surface area (Å²) in [4.78, 5) is 37.9. The van der Waals surface area contributed by atoms with Gasteiger partial charge in [0.25, 0.3) is 0 Å². The maximum atomic E-state index is 13.1. The number of halogens is 1. The average Bonchev–Trinajstić information content (AvgIpc) is 3.14. The third kappa shape index (κ3) is 3.18. The second kappa shape index (κ2) is 7.16. The minimum Gasteiger partial charge on any atom is -0.464 e. The molecular weight excluding hydrogens is 424 g/mol. The van der Waals surface area contributed by atoms with E-state index >= 15 is 0 Å². The second-order valence-corrected chi connectivity index (χ2v) is 7.41. The van der Waals surface area contributed by atoms with Crippen LogP contribution in [0.15, 0.2) is 73.6 Å². The van der Waals surface area contributed by atoms with Crippen LogP contribution in [0, 0.1) is 0 Å². The van der Waals surface area contributed by atoms with Gasteiger partial charge in [0.15, 0.2) is 5.43 Å². The number of amides is 1. The number of para-hydroxylation sites is 1. The summed E-state index contributed by atoms with van der Waals surface area (Å²) in [5.74, 6) is -1.27. The third-order valence-electron chi connectivity index (χ3n) is 4.70. The van der Waals surface area contributed by atoms with Gasteiger partial charge in [0.1, 0.15) is 11.3 Å². The number of fused-ring (bicyclic) bond motifs is 1. The summed E-state index contributed by atoms with van der Waals surface area (Å²) < 4.78 is 6.45. The maximum absolute atomic E-state index is 13.1. The Labute approximate surface area is 168 Å². The van der Waals surface area contributed by atoms with Gasteiger partial charge >= 0.3 is 0 Å². The summed E-state index contributed by atoms with van der Waals surface area (Å²) in [6.07, 6.45) is 1.36. The molecule has 0 saturated heterocycles. The summed E-state index contributed by atoms with van der Waals surface area (Å²) in [5, 5.41) is 5.87. The van der Waals surface area contributed by atoms with E-state index < -0.39 is 5.92 Å². The van der Waals surface area contributed by atoms with Crippen LogP contribution in [0.25, 0.3) is 11.0 Å². The number of carbonyl (C=O) groups excluding carboxylic acids is 2. The molecule has 0 fully saturated rings. The molecule has 0 N–H and O–H groups in total. The smallest absolute Gasteiger partial charge is 0.239 e. The highest BCUT2D eigenvalue weighted by atomic mass is 79.9. The zero-order chi connectivity index (χ0) is 19.8. The Morgan fingerprint density at radius 2 is 1.86 bits per heavy atom. The van der Waals surface area contributed by atoms with Crippen molar-refractivity contribution in [1.82, 2.24) is 5.01 Å². The van der Waals surface area contributed by atoms with Gasteiger partial charge in [0, 0.05) is 22.5 Å². The van der Waals surface area contributed by atoms with E-state index in [2.05, 4.69) is 21.0 Å². The third-order valence-corrected chi connectivity index (χ3v) is 5.23. The zero-order valence-electron chi connectivity index (χ0n) is 14.9. The number of hydrogen-bond donors (Lipinski definition) is 0. The van der Waals surface area contributed by atoms with Crippen LogP contribution in [0.5, 0.6) is 0 Å². The van der Waals surface area contributed by atoms with Crippen molar-refractivity contribution in [2.45, 2.75) is 12.8 Å². The van der Waals surface area contributed by atoms with Crippen molar-refractivity contribution >= 4 is 44.3 Å². The SMILES string of the molecule is CC(=O)N1CC(c2coc3ccccc3c2=O)C(C(=O)c2ccc(Br)cc2)=N1. The van der Waals surface area contributed by atoms with E-state index in [1.54, 1.807) is 48.5 Å². The average molecular weight is 439 g/mol. The van der Waals surface area contributed by atoms with E-state index in [9.17, 15) is 14.4 Å². The number of nitrogens with zero attached hydrogens (tertiary/aromatic N) is 2. The first-order chi connectivity index (χ1) is 13.5. The maximum Gasteiger partial charge on any atom is 0.239 e. The van der Waals surface area contributed by atoms with Gasteiger partial charge in [-0.1, -0.05) is 28.1 Å².